The van der Waals surface area contributed by atoms with E-state index in [0.29, 0.717) is 18.8 Å². The quantitative estimate of drug-likeness (QED) is 0.557. The highest BCUT2D eigenvalue weighted by atomic mass is 19.2. The number of hydrogen-bond acceptors (Lipinski definition) is 3. The number of halogens is 2. The minimum Gasteiger partial charge on any atom is -0.450 e. The first-order chi connectivity index (χ1) is 13.9. The predicted octanol–water partition coefficient (Wildman–Crippen LogP) is 5.40. The van der Waals surface area contributed by atoms with Crippen molar-refractivity contribution in [2.45, 2.75) is 33.2 Å². The molecule has 0 atom stereocenters. The van der Waals surface area contributed by atoms with Crippen LogP contribution in [0.25, 0.3) is 10.9 Å². The molecular formula is C22H25F2N3O2. The number of benzene rings is 2. The van der Waals surface area contributed by atoms with Crippen LogP contribution in [0.15, 0.2) is 36.4 Å². The molecule has 0 unspecified atom stereocenters. The Morgan fingerprint density at radius 3 is 2.48 bits per heavy atom. The molecule has 2 N–H and O–H groups in total. The van der Waals surface area contributed by atoms with E-state index in [-0.39, 0.29) is 0 Å². The fourth-order valence-electron chi connectivity index (χ4n) is 3.49. The van der Waals surface area contributed by atoms with Gasteiger partial charge in [-0.25, -0.2) is 13.6 Å². The second-order valence-corrected chi connectivity index (χ2v) is 6.79. The van der Waals surface area contributed by atoms with E-state index in [1.165, 1.54) is 6.07 Å². The van der Waals surface area contributed by atoms with E-state index < -0.39 is 17.7 Å². The van der Waals surface area contributed by atoms with Crippen LogP contribution in [0.5, 0.6) is 0 Å². The predicted molar refractivity (Wildman–Crippen MR) is 110 cm³/mol. The maximum absolute atomic E-state index is 13.5. The highest BCUT2D eigenvalue weighted by Gasteiger charge is 2.16. The summed E-state index contributed by atoms with van der Waals surface area (Å²) in [6.45, 7) is 4.53. The summed E-state index contributed by atoms with van der Waals surface area (Å²) >= 11 is 0. The molecule has 1 aromatic heterocycles. The molecule has 0 spiro atoms. The number of aryl methyl sites for hydroxylation is 1. The van der Waals surface area contributed by atoms with E-state index in [0.717, 1.165) is 52.8 Å². The van der Waals surface area contributed by atoms with Gasteiger partial charge in [-0.1, -0.05) is 13.3 Å². The lowest BCUT2D eigenvalue weighted by atomic mass is 10.1. The SMILES string of the molecule is CCCc1c(CNC(=O)OCC)c2cc(Nc3ccc(F)c(F)c3)ccc2n1C. The van der Waals surface area contributed by atoms with Crippen molar-refractivity contribution in [3.8, 4) is 0 Å². The number of nitrogens with one attached hydrogen (secondary N) is 2. The van der Waals surface area contributed by atoms with Crippen molar-refractivity contribution in [1.82, 2.24) is 9.88 Å². The molecule has 0 radical (unpaired) electrons. The Balaban J connectivity index is 1.97. The number of carbonyl (C=O) groups excluding carboxylic acids is 1. The van der Waals surface area contributed by atoms with Crippen molar-refractivity contribution in [1.29, 1.82) is 0 Å². The van der Waals surface area contributed by atoms with E-state index in [1.54, 1.807) is 6.92 Å². The lowest BCUT2D eigenvalue weighted by Crippen LogP contribution is -2.24. The van der Waals surface area contributed by atoms with Crippen LogP contribution in [0.2, 0.25) is 0 Å². The number of aromatic nitrogens is 1. The van der Waals surface area contributed by atoms with Crippen LogP contribution in [0, 0.1) is 11.6 Å². The van der Waals surface area contributed by atoms with Crippen molar-refractivity contribution in [3.05, 3.63) is 59.3 Å². The first-order valence-electron chi connectivity index (χ1n) is 9.67. The Labute approximate surface area is 168 Å². The molecule has 0 bridgehead atoms. The van der Waals surface area contributed by atoms with Gasteiger partial charge in [-0.2, -0.15) is 0 Å². The Kier molecular flexibility index (Phi) is 6.36. The molecule has 7 heteroatoms. The highest BCUT2D eigenvalue weighted by Crippen LogP contribution is 2.30. The number of amides is 1. The summed E-state index contributed by atoms with van der Waals surface area (Å²) in [6.07, 6.45) is 1.39. The molecule has 3 aromatic rings. The normalized spacial score (nSPS) is 10.9. The molecular weight excluding hydrogens is 376 g/mol. The van der Waals surface area contributed by atoms with Crippen molar-refractivity contribution in [2.24, 2.45) is 7.05 Å². The Hall–Kier alpha value is -3.09. The average Bonchev–Trinajstić information content (AvgIpc) is 2.95. The summed E-state index contributed by atoms with van der Waals surface area (Å²) in [7, 11) is 2.00. The van der Waals surface area contributed by atoms with Gasteiger partial charge in [0.15, 0.2) is 11.6 Å². The number of fused-ring (bicyclic) bond motifs is 1. The second kappa shape index (κ2) is 8.94. The van der Waals surface area contributed by atoms with Gasteiger partial charge in [-0.3, -0.25) is 0 Å². The number of hydrogen-bond donors (Lipinski definition) is 2. The molecule has 0 fully saturated rings. The molecule has 1 heterocycles. The largest absolute Gasteiger partial charge is 0.450 e. The minimum absolute atomic E-state index is 0.311. The molecule has 3 rings (SSSR count). The highest BCUT2D eigenvalue weighted by molar-refractivity contribution is 5.89. The monoisotopic (exact) mass is 401 g/mol. The second-order valence-electron chi connectivity index (χ2n) is 6.79. The van der Waals surface area contributed by atoms with Crippen LogP contribution in [0.1, 0.15) is 31.5 Å². The van der Waals surface area contributed by atoms with Gasteiger partial charge in [0.25, 0.3) is 0 Å². The molecule has 2 aromatic carbocycles. The first-order valence-corrected chi connectivity index (χ1v) is 9.67. The minimum atomic E-state index is -0.902. The molecule has 0 aliphatic heterocycles. The Morgan fingerprint density at radius 1 is 1.07 bits per heavy atom. The van der Waals surface area contributed by atoms with E-state index in [4.69, 9.17) is 4.74 Å². The number of alkyl carbamates (subject to hydrolysis) is 1. The van der Waals surface area contributed by atoms with E-state index in [1.807, 2.05) is 25.2 Å². The number of carbonyl (C=O) groups is 1. The molecule has 29 heavy (non-hydrogen) atoms. The van der Waals surface area contributed by atoms with Gasteiger partial charge in [0.05, 0.1) is 6.61 Å². The third-order valence-corrected chi connectivity index (χ3v) is 4.82. The Bertz CT molecular complexity index is 1030. The van der Waals surface area contributed by atoms with Crippen molar-refractivity contribution < 1.29 is 18.3 Å². The van der Waals surface area contributed by atoms with Crippen molar-refractivity contribution in [2.75, 3.05) is 11.9 Å². The van der Waals surface area contributed by atoms with Gasteiger partial charge < -0.3 is 19.9 Å². The molecule has 0 aliphatic rings. The molecule has 0 saturated carbocycles. The zero-order chi connectivity index (χ0) is 21.0. The topological polar surface area (TPSA) is 55.3 Å². The van der Waals surface area contributed by atoms with Gasteiger partial charge >= 0.3 is 6.09 Å². The van der Waals surface area contributed by atoms with Crippen molar-refractivity contribution in [3.63, 3.8) is 0 Å². The smallest absolute Gasteiger partial charge is 0.407 e. The lowest BCUT2D eigenvalue weighted by molar-refractivity contribution is 0.151. The maximum atomic E-state index is 13.5. The van der Waals surface area contributed by atoms with Crippen LogP contribution in [0.3, 0.4) is 0 Å². The maximum Gasteiger partial charge on any atom is 0.407 e. The van der Waals surface area contributed by atoms with Crippen LogP contribution < -0.4 is 10.6 Å². The third kappa shape index (κ3) is 4.50. The summed E-state index contributed by atoms with van der Waals surface area (Å²) in [4.78, 5) is 11.8. The van der Waals surface area contributed by atoms with E-state index in [2.05, 4.69) is 22.1 Å². The fourth-order valence-corrected chi connectivity index (χ4v) is 3.49. The zero-order valence-electron chi connectivity index (χ0n) is 16.8. The fraction of sp³-hybridized carbons (Fsp3) is 0.318. The van der Waals surface area contributed by atoms with Crippen LogP contribution in [-0.2, 0) is 24.8 Å². The molecule has 5 nitrogen and oxygen atoms in total. The standard InChI is InChI=1S/C22H25F2N3O2/c1-4-6-20-17(13-25-22(28)29-5-2)16-11-14(8-10-21(16)27(20)3)26-15-7-9-18(23)19(24)12-15/h7-12,26H,4-6,13H2,1-3H3,(H,25,28). The molecule has 0 aliphatic carbocycles. The van der Waals surface area contributed by atoms with Crippen molar-refractivity contribution >= 4 is 28.4 Å². The van der Waals surface area contributed by atoms with Gasteiger partial charge in [0, 0.05) is 53.2 Å². The number of ether oxygens (including phenoxy) is 1. The molecule has 1 amide bonds. The van der Waals surface area contributed by atoms with E-state index >= 15 is 0 Å². The van der Waals surface area contributed by atoms with E-state index in [9.17, 15) is 13.6 Å². The van der Waals surface area contributed by atoms with Gasteiger partial charge in [0.2, 0.25) is 0 Å². The molecule has 0 saturated heterocycles. The summed E-state index contributed by atoms with van der Waals surface area (Å²) in [6, 6.07) is 9.52. The van der Waals surface area contributed by atoms with Crippen LogP contribution in [0.4, 0.5) is 25.0 Å². The number of rotatable bonds is 7. The number of anilines is 2. The zero-order valence-corrected chi connectivity index (χ0v) is 16.8. The average molecular weight is 401 g/mol. The summed E-state index contributed by atoms with van der Waals surface area (Å²) in [5.41, 5.74) is 4.40. The summed E-state index contributed by atoms with van der Waals surface area (Å²) < 4.78 is 33.8. The van der Waals surface area contributed by atoms with Gasteiger partial charge in [-0.15, -0.1) is 0 Å². The van der Waals surface area contributed by atoms with Crippen LogP contribution >= 0.6 is 0 Å². The molecule has 154 valence electrons. The van der Waals surface area contributed by atoms with Gasteiger partial charge in [-0.05, 0) is 43.7 Å². The van der Waals surface area contributed by atoms with Crippen LogP contribution in [-0.4, -0.2) is 17.3 Å². The number of nitrogens with zero attached hydrogens (tertiary/aromatic N) is 1. The Morgan fingerprint density at radius 2 is 1.79 bits per heavy atom. The summed E-state index contributed by atoms with van der Waals surface area (Å²) in [5.74, 6) is -1.79. The first kappa shape index (κ1) is 20.6. The third-order valence-electron chi connectivity index (χ3n) is 4.82. The summed E-state index contributed by atoms with van der Waals surface area (Å²) in [5, 5.41) is 6.90. The lowest BCUT2D eigenvalue weighted by Gasteiger charge is -2.09. The van der Waals surface area contributed by atoms with Gasteiger partial charge in [0.1, 0.15) is 0 Å².